The first-order valence-electron chi connectivity index (χ1n) is 9.10. The van der Waals surface area contributed by atoms with Crippen LogP contribution < -0.4 is 5.32 Å². The number of aromatic nitrogens is 1. The number of carbonyl (C=O) groups excluding carboxylic acids is 2. The van der Waals surface area contributed by atoms with E-state index < -0.39 is 0 Å². The van der Waals surface area contributed by atoms with Gasteiger partial charge in [0, 0.05) is 33.7 Å². The van der Waals surface area contributed by atoms with Crippen LogP contribution in [0.1, 0.15) is 55.4 Å². The van der Waals surface area contributed by atoms with Crippen molar-refractivity contribution in [1.82, 2.24) is 15.2 Å². The molecule has 0 atom stereocenters. The summed E-state index contributed by atoms with van der Waals surface area (Å²) in [6.45, 7) is 4.08. The Balaban J connectivity index is 2.58. The summed E-state index contributed by atoms with van der Waals surface area (Å²) in [5.74, 6) is 0.0498. The molecule has 0 saturated carbocycles. The lowest BCUT2D eigenvalue weighted by Gasteiger charge is -2.20. The van der Waals surface area contributed by atoms with Crippen molar-refractivity contribution in [3.63, 3.8) is 0 Å². The van der Waals surface area contributed by atoms with E-state index >= 15 is 0 Å². The van der Waals surface area contributed by atoms with Gasteiger partial charge in [0.2, 0.25) is 11.8 Å². The summed E-state index contributed by atoms with van der Waals surface area (Å²) in [5, 5.41) is 2.68. The van der Waals surface area contributed by atoms with Crippen LogP contribution in [-0.4, -0.2) is 62.2 Å². The number of nitrogens with zero attached hydrogens (tertiary/aromatic N) is 2. The maximum atomic E-state index is 12.4. The second-order valence-electron chi connectivity index (χ2n) is 5.99. The molecule has 26 heavy (non-hydrogen) atoms. The Morgan fingerprint density at radius 2 is 1.96 bits per heavy atom. The van der Waals surface area contributed by atoms with Crippen LogP contribution >= 0.6 is 0 Å². The van der Waals surface area contributed by atoms with Gasteiger partial charge in [0.05, 0.1) is 19.8 Å². The van der Waals surface area contributed by atoms with E-state index in [0.29, 0.717) is 38.6 Å². The first-order valence-corrected chi connectivity index (χ1v) is 9.10. The lowest BCUT2D eigenvalue weighted by Crippen LogP contribution is -2.33. The molecule has 0 radical (unpaired) electrons. The van der Waals surface area contributed by atoms with E-state index in [1.165, 1.54) is 6.26 Å². The Bertz CT molecular complexity index is 533. The van der Waals surface area contributed by atoms with Gasteiger partial charge in [0.15, 0.2) is 5.69 Å². The van der Waals surface area contributed by atoms with Crippen LogP contribution in [0.15, 0.2) is 10.7 Å². The first kappa shape index (κ1) is 22.1. The number of hydrogen-bond acceptors (Lipinski definition) is 6. The summed E-state index contributed by atoms with van der Waals surface area (Å²) in [6, 6.07) is 0. The molecule has 1 rings (SSSR count). The van der Waals surface area contributed by atoms with E-state index in [4.69, 9.17) is 13.9 Å². The van der Waals surface area contributed by atoms with Gasteiger partial charge in [-0.2, -0.15) is 0 Å². The second kappa shape index (κ2) is 13.3. The standard InChI is InChI=1S/C18H31N3O5/c1-4-5-6-7-8-17(22)21(10-12-25-3)13-16-20-15(14-26-16)18(23)19-9-11-24-2/h14H,4-13H2,1-3H3,(H,19,23). The molecule has 0 aliphatic heterocycles. The molecule has 1 aromatic heterocycles. The highest BCUT2D eigenvalue weighted by Crippen LogP contribution is 2.10. The van der Waals surface area contributed by atoms with Crippen molar-refractivity contribution >= 4 is 11.8 Å². The zero-order valence-corrected chi connectivity index (χ0v) is 16.1. The topological polar surface area (TPSA) is 93.9 Å². The minimum absolute atomic E-state index is 0.0439. The highest BCUT2D eigenvalue weighted by Gasteiger charge is 2.18. The van der Waals surface area contributed by atoms with E-state index in [0.717, 1.165) is 25.7 Å². The van der Waals surface area contributed by atoms with Crippen molar-refractivity contribution in [1.29, 1.82) is 0 Å². The smallest absolute Gasteiger partial charge is 0.273 e. The third-order valence-electron chi connectivity index (χ3n) is 3.86. The molecule has 1 N–H and O–H groups in total. The Hall–Kier alpha value is -1.93. The molecule has 8 nitrogen and oxygen atoms in total. The fourth-order valence-corrected chi connectivity index (χ4v) is 2.36. The molecular weight excluding hydrogens is 338 g/mol. The van der Waals surface area contributed by atoms with Gasteiger partial charge >= 0.3 is 0 Å². The number of amides is 2. The summed E-state index contributed by atoms with van der Waals surface area (Å²) >= 11 is 0. The molecule has 0 spiro atoms. The van der Waals surface area contributed by atoms with Crippen LogP contribution in [-0.2, 0) is 20.8 Å². The van der Waals surface area contributed by atoms with Gasteiger partial charge in [-0.05, 0) is 6.42 Å². The predicted octanol–water partition coefficient (Wildman–Crippen LogP) is 2.00. The minimum Gasteiger partial charge on any atom is -0.446 e. The SMILES string of the molecule is CCCCCCC(=O)N(CCOC)Cc1nc(C(=O)NCCOC)co1. The number of nitrogens with one attached hydrogen (secondary N) is 1. The third-order valence-corrected chi connectivity index (χ3v) is 3.86. The average molecular weight is 369 g/mol. The van der Waals surface area contributed by atoms with Gasteiger partial charge in [0.1, 0.15) is 6.26 Å². The number of methoxy groups -OCH3 is 2. The molecule has 1 aromatic rings. The first-order chi connectivity index (χ1) is 12.6. The number of rotatable bonds is 14. The summed E-state index contributed by atoms with van der Waals surface area (Å²) in [5.41, 5.74) is 0.193. The number of carbonyl (C=O) groups is 2. The van der Waals surface area contributed by atoms with E-state index in [1.807, 2.05) is 0 Å². The van der Waals surface area contributed by atoms with Gasteiger partial charge in [-0.3, -0.25) is 9.59 Å². The Kier molecular flexibility index (Phi) is 11.3. The van der Waals surface area contributed by atoms with Gasteiger partial charge in [-0.25, -0.2) is 4.98 Å². The highest BCUT2D eigenvalue weighted by molar-refractivity contribution is 5.91. The molecule has 2 amide bonds. The van der Waals surface area contributed by atoms with Crippen molar-refractivity contribution in [2.24, 2.45) is 0 Å². The summed E-state index contributed by atoms with van der Waals surface area (Å²) < 4.78 is 15.3. The molecule has 1 heterocycles. The molecule has 0 saturated heterocycles. The number of hydrogen-bond donors (Lipinski definition) is 1. The minimum atomic E-state index is -0.327. The molecule has 0 fully saturated rings. The lowest BCUT2D eigenvalue weighted by molar-refractivity contribution is -0.132. The van der Waals surface area contributed by atoms with Gasteiger partial charge < -0.3 is 24.1 Å². The monoisotopic (exact) mass is 369 g/mol. The predicted molar refractivity (Wildman–Crippen MR) is 96.8 cm³/mol. The average Bonchev–Trinajstić information content (AvgIpc) is 3.11. The molecule has 0 aromatic carbocycles. The molecule has 0 aliphatic rings. The van der Waals surface area contributed by atoms with Gasteiger partial charge in [0.25, 0.3) is 5.91 Å². The number of unbranched alkanes of at least 4 members (excludes halogenated alkanes) is 3. The van der Waals surface area contributed by atoms with Crippen LogP contribution in [0.25, 0.3) is 0 Å². The second-order valence-corrected chi connectivity index (χ2v) is 5.99. The van der Waals surface area contributed by atoms with Crippen LogP contribution in [0.3, 0.4) is 0 Å². The zero-order chi connectivity index (χ0) is 19.2. The fraction of sp³-hybridized carbons (Fsp3) is 0.722. The maximum absolute atomic E-state index is 12.4. The highest BCUT2D eigenvalue weighted by atomic mass is 16.5. The number of ether oxygens (including phenoxy) is 2. The Labute approximate surface area is 155 Å². The van der Waals surface area contributed by atoms with Crippen LogP contribution in [0, 0.1) is 0 Å². The fourth-order valence-electron chi connectivity index (χ4n) is 2.36. The Morgan fingerprint density at radius 3 is 2.65 bits per heavy atom. The van der Waals surface area contributed by atoms with Crippen molar-refractivity contribution in [2.75, 3.05) is 40.5 Å². The summed E-state index contributed by atoms with van der Waals surface area (Å²) in [7, 11) is 3.16. The molecule has 8 heteroatoms. The zero-order valence-electron chi connectivity index (χ0n) is 16.1. The maximum Gasteiger partial charge on any atom is 0.273 e. The van der Waals surface area contributed by atoms with Crippen molar-refractivity contribution < 1.29 is 23.5 Å². The van der Waals surface area contributed by atoms with Gasteiger partial charge in [-0.1, -0.05) is 26.2 Å². The quantitative estimate of drug-likeness (QED) is 0.504. The van der Waals surface area contributed by atoms with E-state index in [1.54, 1.807) is 19.1 Å². The molecular formula is C18H31N3O5. The summed E-state index contributed by atoms with van der Waals surface area (Å²) in [6.07, 6.45) is 5.98. The van der Waals surface area contributed by atoms with Crippen molar-refractivity contribution in [2.45, 2.75) is 45.6 Å². The number of oxazole rings is 1. The van der Waals surface area contributed by atoms with Crippen molar-refractivity contribution in [3.05, 3.63) is 17.8 Å². The normalized spacial score (nSPS) is 10.7. The van der Waals surface area contributed by atoms with E-state index in [2.05, 4.69) is 17.2 Å². The Morgan fingerprint density at radius 1 is 1.19 bits per heavy atom. The van der Waals surface area contributed by atoms with E-state index in [-0.39, 0.29) is 24.1 Å². The molecule has 0 aliphatic carbocycles. The van der Waals surface area contributed by atoms with Gasteiger partial charge in [-0.15, -0.1) is 0 Å². The van der Waals surface area contributed by atoms with E-state index in [9.17, 15) is 9.59 Å². The van der Waals surface area contributed by atoms with Crippen molar-refractivity contribution in [3.8, 4) is 0 Å². The van der Waals surface area contributed by atoms with Crippen LogP contribution in [0.2, 0.25) is 0 Å². The lowest BCUT2D eigenvalue weighted by atomic mass is 10.1. The largest absolute Gasteiger partial charge is 0.446 e. The van der Waals surface area contributed by atoms with Crippen LogP contribution in [0.4, 0.5) is 0 Å². The molecule has 0 unspecified atom stereocenters. The molecule has 0 bridgehead atoms. The molecule has 148 valence electrons. The third kappa shape index (κ3) is 8.44. The van der Waals surface area contributed by atoms with Crippen LogP contribution in [0.5, 0.6) is 0 Å². The summed E-state index contributed by atoms with van der Waals surface area (Å²) in [4.78, 5) is 30.2.